The SMILES string of the molecule is C=CC(=O)NC/C=C\C(=C/CC)C(C)(F)F. The van der Waals surface area contributed by atoms with Gasteiger partial charge >= 0.3 is 0 Å². The molecule has 0 unspecified atom stereocenters. The summed E-state index contributed by atoms with van der Waals surface area (Å²) in [5.41, 5.74) is -0.0390. The zero-order valence-electron chi connectivity index (χ0n) is 9.59. The van der Waals surface area contributed by atoms with E-state index < -0.39 is 5.92 Å². The van der Waals surface area contributed by atoms with Crippen molar-refractivity contribution >= 4 is 5.91 Å². The minimum Gasteiger partial charge on any atom is -0.349 e. The molecule has 0 saturated carbocycles. The summed E-state index contributed by atoms with van der Waals surface area (Å²) < 4.78 is 26.0. The summed E-state index contributed by atoms with van der Waals surface area (Å²) in [6.07, 6.45) is 5.95. The predicted molar refractivity (Wildman–Crippen MR) is 61.3 cm³/mol. The Balaban J connectivity index is 4.32. The summed E-state index contributed by atoms with van der Waals surface area (Å²) in [6.45, 7) is 6.13. The molecule has 0 spiro atoms. The first-order chi connectivity index (χ1) is 7.41. The van der Waals surface area contributed by atoms with Gasteiger partial charge in [0.05, 0.1) is 0 Å². The average Bonchev–Trinajstić information content (AvgIpc) is 2.20. The fourth-order valence-electron chi connectivity index (χ4n) is 1.03. The summed E-state index contributed by atoms with van der Waals surface area (Å²) >= 11 is 0. The summed E-state index contributed by atoms with van der Waals surface area (Å²) in [7, 11) is 0. The Bertz CT molecular complexity index is 301. The van der Waals surface area contributed by atoms with Crippen molar-refractivity contribution in [1.82, 2.24) is 5.32 Å². The topological polar surface area (TPSA) is 29.1 Å². The van der Waals surface area contributed by atoms with Crippen LogP contribution in [0.4, 0.5) is 8.78 Å². The van der Waals surface area contributed by atoms with Gasteiger partial charge < -0.3 is 5.32 Å². The van der Waals surface area contributed by atoms with E-state index in [4.69, 9.17) is 0 Å². The van der Waals surface area contributed by atoms with Crippen LogP contribution < -0.4 is 5.32 Å². The van der Waals surface area contributed by atoms with Crippen molar-refractivity contribution in [1.29, 1.82) is 0 Å². The van der Waals surface area contributed by atoms with Crippen LogP contribution in [0.25, 0.3) is 0 Å². The van der Waals surface area contributed by atoms with Crippen LogP contribution in [0.5, 0.6) is 0 Å². The number of carbonyl (C=O) groups excluding carboxylic acids is 1. The van der Waals surface area contributed by atoms with Gasteiger partial charge in [-0.25, -0.2) is 8.78 Å². The van der Waals surface area contributed by atoms with Gasteiger partial charge in [-0.3, -0.25) is 4.79 Å². The van der Waals surface area contributed by atoms with E-state index in [0.717, 1.165) is 13.0 Å². The molecule has 0 aliphatic carbocycles. The lowest BCUT2D eigenvalue weighted by atomic mass is 10.1. The Hall–Kier alpha value is -1.45. The number of allylic oxidation sites excluding steroid dienone is 3. The maximum atomic E-state index is 13.0. The number of rotatable bonds is 6. The van der Waals surface area contributed by atoms with Crippen LogP contribution in [0.15, 0.2) is 36.5 Å². The molecule has 0 fully saturated rings. The Labute approximate surface area is 94.7 Å². The quantitative estimate of drug-likeness (QED) is 0.550. The second-order valence-electron chi connectivity index (χ2n) is 3.31. The highest BCUT2D eigenvalue weighted by molar-refractivity contribution is 5.86. The van der Waals surface area contributed by atoms with Crippen molar-refractivity contribution in [3.63, 3.8) is 0 Å². The predicted octanol–water partition coefficient (Wildman–Crippen LogP) is 2.84. The Morgan fingerprint density at radius 3 is 2.56 bits per heavy atom. The number of carbonyl (C=O) groups is 1. The second-order valence-corrected chi connectivity index (χ2v) is 3.31. The normalized spacial score (nSPS) is 12.9. The van der Waals surface area contributed by atoms with Crippen molar-refractivity contribution in [2.75, 3.05) is 6.54 Å². The summed E-state index contributed by atoms with van der Waals surface area (Å²) in [5.74, 6) is -3.18. The summed E-state index contributed by atoms with van der Waals surface area (Å²) in [5, 5.41) is 2.47. The molecule has 2 nitrogen and oxygen atoms in total. The second kappa shape index (κ2) is 6.93. The fourth-order valence-corrected chi connectivity index (χ4v) is 1.03. The fraction of sp³-hybridized carbons (Fsp3) is 0.417. The molecule has 0 aromatic carbocycles. The molecule has 0 rings (SSSR count). The van der Waals surface area contributed by atoms with Crippen LogP contribution in [-0.4, -0.2) is 18.4 Å². The van der Waals surface area contributed by atoms with E-state index in [2.05, 4.69) is 11.9 Å². The molecule has 4 heteroatoms. The molecule has 16 heavy (non-hydrogen) atoms. The van der Waals surface area contributed by atoms with Gasteiger partial charge in [-0.15, -0.1) is 0 Å². The Morgan fingerprint density at radius 2 is 2.12 bits per heavy atom. The molecule has 0 atom stereocenters. The van der Waals surface area contributed by atoms with Gasteiger partial charge in [0.25, 0.3) is 5.92 Å². The third-order valence-corrected chi connectivity index (χ3v) is 1.81. The molecule has 0 aromatic heterocycles. The lowest BCUT2D eigenvalue weighted by Gasteiger charge is -2.11. The van der Waals surface area contributed by atoms with E-state index in [1.54, 1.807) is 6.92 Å². The first-order valence-electron chi connectivity index (χ1n) is 5.07. The van der Waals surface area contributed by atoms with Gasteiger partial charge in [-0.05, 0) is 12.5 Å². The molecule has 0 aliphatic heterocycles. The number of alkyl halides is 2. The standard InChI is InChI=1S/C12H17F2NO/c1-4-7-10(12(3,13)14)8-6-9-15-11(16)5-2/h5-8H,2,4,9H2,1,3H3,(H,15,16)/b8-6-,10-7+. The first-order valence-corrected chi connectivity index (χ1v) is 5.07. The van der Waals surface area contributed by atoms with Crippen LogP contribution >= 0.6 is 0 Å². The van der Waals surface area contributed by atoms with Crippen LogP contribution in [-0.2, 0) is 4.79 Å². The molecular formula is C12H17F2NO. The van der Waals surface area contributed by atoms with Gasteiger partial charge in [0.1, 0.15) is 0 Å². The van der Waals surface area contributed by atoms with E-state index >= 15 is 0 Å². The Kier molecular flexibility index (Phi) is 6.30. The van der Waals surface area contributed by atoms with E-state index in [1.165, 1.54) is 18.2 Å². The number of halogens is 2. The molecule has 0 aromatic rings. The number of hydrogen-bond acceptors (Lipinski definition) is 1. The molecule has 0 heterocycles. The minimum atomic E-state index is -2.85. The van der Waals surface area contributed by atoms with Crippen LogP contribution in [0, 0.1) is 0 Å². The van der Waals surface area contributed by atoms with Crippen LogP contribution in [0.1, 0.15) is 20.3 Å². The highest BCUT2D eigenvalue weighted by atomic mass is 19.3. The van der Waals surface area contributed by atoms with E-state index in [1.807, 2.05) is 0 Å². The number of nitrogens with one attached hydrogen (secondary N) is 1. The third kappa shape index (κ3) is 6.11. The summed E-state index contributed by atoms with van der Waals surface area (Å²) in [6, 6.07) is 0. The lowest BCUT2D eigenvalue weighted by Crippen LogP contribution is -2.20. The molecule has 90 valence electrons. The van der Waals surface area contributed by atoms with Gasteiger partial charge in [0.15, 0.2) is 0 Å². The van der Waals surface area contributed by atoms with Gasteiger partial charge in [0, 0.05) is 19.0 Å². The van der Waals surface area contributed by atoms with Crippen molar-refractivity contribution in [2.24, 2.45) is 0 Å². The lowest BCUT2D eigenvalue weighted by molar-refractivity contribution is -0.116. The molecule has 1 N–H and O–H groups in total. The molecule has 0 saturated heterocycles. The maximum absolute atomic E-state index is 13.0. The smallest absolute Gasteiger partial charge is 0.270 e. The zero-order valence-corrected chi connectivity index (χ0v) is 9.59. The highest BCUT2D eigenvalue weighted by Crippen LogP contribution is 2.24. The molecule has 0 aliphatic rings. The van der Waals surface area contributed by atoms with Gasteiger partial charge in [-0.2, -0.15) is 0 Å². The van der Waals surface area contributed by atoms with Crippen molar-refractivity contribution < 1.29 is 13.6 Å². The Morgan fingerprint density at radius 1 is 1.50 bits per heavy atom. The molecule has 1 amide bonds. The summed E-state index contributed by atoms with van der Waals surface area (Å²) in [4.78, 5) is 10.8. The van der Waals surface area contributed by atoms with Crippen molar-refractivity contribution in [3.8, 4) is 0 Å². The van der Waals surface area contributed by atoms with E-state index in [0.29, 0.717) is 6.42 Å². The van der Waals surface area contributed by atoms with E-state index in [-0.39, 0.29) is 18.0 Å². The van der Waals surface area contributed by atoms with Gasteiger partial charge in [0.2, 0.25) is 5.91 Å². The van der Waals surface area contributed by atoms with Crippen molar-refractivity contribution in [3.05, 3.63) is 36.5 Å². The molecule has 0 radical (unpaired) electrons. The third-order valence-electron chi connectivity index (χ3n) is 1.81. The number of hydrogen-bond donors (Lipinski definition) is 1. The highest BCUT2D eigenvalue weighted by Gasteiger charge is 2.24. The molecule has 0 bridgehead atoms. The average molecular weight is 229 g/mol. The van der Waals surface area contributed by atoms with Crippen LogP contribution in [0.2, 0.25) is 0 Å². The largest absolute Gasteiger partial charge is 0.349 e. The molecular weight excluding hydrogens is 212 g/mol. The maximum Gasteiger partial charge on any atom is 0.270 e. The van der Waals surface area contributed by atoms with Crippen molar-refractivity contribution in [2.45, 2.75) is 26.2 Å². The zero-order chi connectivity index (χ0) is 12.6. The van der Waals surface area contributed by atoms with Gasteiger partial charge in [-0.1, -0.05) is 31.7 Å². The minimum absolute atomic E-state index is 0.0390. The first kappa shape index (κ1) is 14.6. The number of amides is 1. The van der Waals surface area contributed by atoms with Crippen LogP contribution in [0.3, 0.4) is 0 Å². The van der Waals surface area contributed by atoms with E-state index in [9.17, 15) is 13.6 Å². The monoisotopic (exact) mass is 229 g/mol.